The first-order valence-electron chi connectivity index (χ1n) is 8.99. The highest BCUT2D eigenvalue weighted by atomic mass is 32.1. The topological polar surface area (TPSA) is 49.9 Å². The molecule has 26 heavy (non-hydrogen) atoms. The van der Waals surface area contributed by atoms with Gasteiger partial charge in [-0.3, -0.25) is 14.4 Å². The molecule has 0 saturated carbocycles. The summed E-state index contributed by atoms with van der Waals surface area (Å²) >= 11 is 1.54. The van der Waals surface area contributed by atoms with E-state index in [1.807, 2.05) is 52.1 Å². The van der Waals surface area contributed by atoms with Crippen molar-refractivity contribution in [2.75, 3.05) is 13.1 Å². The van der Waals surface area contributed by atoms with Gasteiger partial charge in [0.25, 0.3) is 5.91 Å². The van der Waals surface area contributed by atoms with Crippen molar-refractivity contribution in [1.29, 1.82) is 0 Å². The zero-order valence-electron chi connectivity index (χ0n) is 14.6. The molecule has 0 unspecified atom stereocenters. The second-order valence-corrected chi connectivity index (χ2v) is 7.76. The summed E-state index contributed by atoms with van der Waals surface area (Å²) in [6.45, 7) is 1.71. The number of hydrogen-bond donors (Lipinski definition) is 0. The molecule has 5 nitrogen and oxygen atoms in total. The van der Waals surface area contributed by atoms with Gasteiger partial charge >= 0.3 is 0 Å². The van der Waals surface area contributed by atoms with Crippen LogP contribution in [0.4, 0.5) is 0 Å². The molecule has 4 rings (SSSR count). The first-order chi connectivity index (χ1) is 12.7. The smallest absolute Gasteiger partial charge is 0.254 e. The molecule has 0 radical (unpaired) electrons. The van der Waals surface area contributed by atoms with Crippen molar-refractivity contribution < 1.29 is 14.4 Å². The largest absolute Gasteiger partial charge is 0.338 e. The zero-order chi connectivity index (χ0) is 18.0. The number of rotatable bonds is 4. The molecule has 2 fully saturated rings. The number of carbonyl (C=O) groups is 2. The first kappa shape index (κ1) is 17.2. The molecule has 3 heterocycles. The summed E-state index contributed by atoms with van der Waals surface area (Å²) in [6.07, 6.45) is 2.86. The van der Waals surface area contributed by atoms with E-state index >= 15 is 0 Å². The van der Waals surface area contributed by atoms with E-state index in [1.165, 1.54) is 11.3 Å². The Morgan fingerprint density at radius 2 is 1.88 bits per heavy atom. The van der Waals surface area contributed by atoms with Crippen LogP contribution < -0.4 is 0 Å². The Bertz CT molecular complexity index is 768. The minimum Gasteiger partial charge on any atom is -0.338 e. The number of benzene rings is 1. The first-order valence-corrected chi connectivity index (χ1v) is 9.94. The van der Waals surface area contributed by atoms with E-state index in [0.29, 0.717) is 26.1 Å². The molecule has 1 aromatic carbocycles. The summed E-state index contributed by atoms with van der Waals surface area (Å²) in [5, 5.41) is 5.43. The lowest BCUT2D eigenvalue weighted by molar-refractivity contribution is -0.221. The van der Waals surface area contributed by atoms with E-state index < -0.39 is 0 Å². The predicted octanol–water partition coefficient (Wildman–Crippen LogP) is 3.48. The number of piperidine rings is 1. The maximum atomic E-state index is 12.5. The number of hydrogen-bond acceptors (Lipinski definition) is 4. The van der Waals surface area contributed by atoms with Gasteiger partial charge in [-0.2, -0.15) is 11.3 Å². The number of thiophene rings is 1. The van der Waals surface area contributed by atoms with Crippen LogP contribution in [0.5, 0.6) is 0 Å². The number of amides is 2. The fraction of sp³-hybridized carbons (Fsp3) is 0.400. The SMILES string of the molecule is O=C(c1ccsc1)N1CCC2(CCC(=O)N2OCc2ccccc2)CC1. The Morgan fingerprint density at radius 1 is 1.12 bits per heavy atom. The minimum absolute atomic E-state index is 0.0542. The van der Waals surface area contributed by atoms with Gasteiger partial charge in [0.2, 0.25) is 5.91 Å². The van der Waals surface area contributed by atoms with Crippen LogP contribution in [0.25, 0.3) is 0 Å². The predicted molar refractivity (Wildman–Crippen MR) is 99.5 cm³/mol. The van der Waals surface area contributed by atoms with Gasteiger partial charge in [-0.05, 0) is 36.3 Å². The maximum Gasteiger partial charge on any atom is 0.254 e. The Hall–Kier alpha value is -2.18. The van der Waals surface area contributed by atoms with Gasteiger partial charge in [0, 0.05) is 24.9 Å². The summed E-state index contributed by atoms with van der Waals surface area (Å²) in [5.41, 5.74) is 1.54. The molecule has 0 N–H and O–H groups in total. The summed E-state index contributed by atoms with van der Waals surface area (Å²) < 4.78 is 0. The lowest BCUT2D eigenvalue weighted by Gasteiger charge is -2.43. The third kappa shape index (κ3) is 3.27. The lowest BCUT2D eigenvalue weighted by Crippen LogP contribution is -2.54. The second-order valence-electron chi connectivity index (χ2n) is 6.98. The van der Waals surface area contributed by atoms with Crippen LogP contribution >= 0.6 is 11.3 Å². The van der Waals surface area contributed by atoms with Gasteiger partial charge in [-0.25, -0.2) is 5.06 Å². The molecule has 0 atom stereocenters. The molecule has 2 amide bonds. The number of likely N-dealkylation sites (tertiary alicyclic amines) is 1. The highest BCUT2D eigenvalue weighted by molar-refractivity contribution is 7.08. The van der Waals surface area contributed by atoms with Crippen molar-refractivity contribution in [3.63, 3.8) is 0 Å². The zero-order valence-corrected chi connectivity index (χ0v) is 15.4. The molecule has 6 heteroatoms. The Balaban J connectivity index is 1.41. The van der Waals surface area contributed by atoms with Crippen molar-refractivity contribution in [1.82, 2.24) is 9.96 Å². The molecular weight excluding hydrogens is 348 g/mol. The molecular formula is C20H22N2O3S. The lowest BCUT2D eigenvalue weighted by atomic mass is 9.86. The van der Waals surface area contributed by atoms with Gasteiger partial charge in [-0.15, -0.1) is 0 Å². The molecule has 2 aromatic rings. The minimum atomic E-state index is -0.267. The van der Waals surface area contributed by atoms with Crippen LogP contribution in [0.2, 0.25) is 0 Å². The fourth-order valence-electron chi connectivity index (χ4n) is 3.88. The van der Waals surface area contributed by atoms with E-state index in [1.54, 1.807) is 5.06 Å². The van der Waals surface area contributed by atoms with Crippen molar-refractivity contribution in [2.24, 2.45) is 0 Å². The van der Waals surface area contributed by atoms with Gasteiger partial charge < -0.3 is 4.90 Å². The van der Waals surface area contributed by atoms with E-state index in [-0.39, 0.29) is 17.4 Å². The Morgan fingerprint density at radius 3 is 2.58 bits per heavy atom. The summed E-state index contributed by atoms with van der Waals surface area (Å²) in [4.78, 5) is 32.8. The van der Waals surface area contributed by atoms with Crippen LogP contribution in [0.15, 0.2) is 47.2 Å². The van der Waals surface area contributed by atoms with E-state index in [2.05, 4.69) is 0 Å². The van der Waals surface area contributed by atoms with Gasteiger partial charge in [-0.1, -0.05) is 30.3 Å². The van der Waals surface area contributed by atoms with E-state index in [0.717, 1.165) is 30.4 Å². The quantitative estimate of drug-likeness (QED) is 0.828. The maximum absolute atomic E-state index is 12.5. The van der Waals surface area contributed by atoms with Crippen LogP contribution in [0.3, 0.4) is 0 Å². The second kappa shape index (κ2) is 7.21. The Labute approximate surface area is 157 Å². The number of hydroxylamine groups is 2. The molecule has 0 aliphatic carbocycles. The van der Waals surface area contributed by atoms with Gasteiger partial charge in [0.05, 0.1) is 11.1 Å². The third-order valence-corrected chi connectivity index (χ3v) is 6.10. The molecule has 1 aromatic heterocycles. The van der Waals surface area contributed by atoms with E-state index in [9.17, 15) is 9.59 Å². The normalized spacial score (nSPS) is 19.3. The molecule has 2 aliphatic heterocycles. The number of nitrogens with zero attached hydrogens (tertiary/aromatic N) is 2. The van der Waals surface area contributed by atoms with Gasteiger partial charge in [0.15, 0.2) is 0 Å². The van der Waals surface area contributed by atoms with Crippen molar-refractivity contribution in [3.8, 4) is 0 Å². The summed E-state index contributed by atoms with van der Waals surface area (Å²) in [6, 6.07) is 11.8. The van der Waals surface area contributed by atoms with Crippen LogP contribution in [-0.2, 0) is 16.2 Å². The standard InChI is InChI=1S/C20H22N2O3S/c23-18-6-8-20(22(18)25-14-16-4-2-1-3-5-16)9-11-21(12-10-20)19(24)17-7-13-26-15-17/h1-5,7,13,15H,6,8-12,14H2. The average Bonchev–Trinajstić information content (AvgIpc) is 3.31. The van der Waals surface area contributed by atoms with Crippen molar-refractivity contribution in [3.05, 3.63) is 58.3 Å². The number of carbonyl (C=O) groups excluding carboxylic acids is 2. The highest BCUT2D eigenvalue weighted by Gasteiger charge is 2.48. The summed E-state index contributed by atoms with van der Waals surface area (Å²) in [5.74, 6) is 0.140. The van der Waals surface area contributed by atoms with Crippen LogP contribution in [0.1, 0.15) is 41.6 Å². The average molecular weight is 370 g/mol. The molecule has 2 saturated heterocycles. The third-order valence-electron chi connectivity index (χ3n) is 5.41. The van der Waals surface area contributed by atoms with Gasteiger partial charge in [0.1, 0.15) is 6.61 Å². The van der Waals surface area contributed by atoms with E-state index in [4.69, 9.17) is 4.84 Å². The van der Waals surface area contributed by atoms with Crippen molar-refractivity contribution in [2.45, 2.75) is 37.8 Å². The van der Waals surface area contributed by atoms with Crippen molar-refractivity contribution >= 4 is 23.2 Å². The summed E-state index contributed by atoms with van der Waals surface area (Å²) in [7, 11) is 0. The molecule has 1 spiro atoms. The molecule has 0 bridgehead atoms. The monoisotopic (exact) mass is 370 g/mol. The highest BCUT2D eigenvalue weighted by Crippen LogP contribution is 2.39. The Kier molecular flexibility index (Phi) is 4.78. The fourth-order valence-corrected chi connectivity index (χ4v) is 4.51. The molecule has 2 aliphatic rings. The molecule has 136 valence electrons. The van der Waals surface area contributed by atoms with Crippen LogP contribution in [0, 0.1) is 0 Å². The van der Waals surface area contributed by atoms with Crippen LogP contribution in [-0.4, -0.2) is 40.4 Å².